The molecule has 2 rings (SSSR count). The Morgan fingerprint density at radius 1 is 1.38 bits per heavy atom. The first-order chi connectivity index (χ1) is 7.59. The number of nitrogens with zero attached hydrogens (tertiary/aromatic N) is 2. The summed E-state index contributed by atoms with van der Waals surface area (Å²) in [7, 11) is 0. The van der Waals surface area contributed by atoms with E-state index < -0.39 is 6.10 Å². The highest BCUT2D eigenvalue weighted by atomic mass is 32.1. The lowest BCUT2D eigenvalue weighted by Gasteiger charge is -2.00. The van der Waals surface area contributed by atoms with E-state index in [1.54, 1.807) is 24.5 Å². The first kappa shape index (κ1) is 11.2. The Morgan fingerprint density at radius 2 is 2.12 bits per heavy atom. The quantitative estimate of drug-likeness (QED) is 0.869. The Balaban J connectivity index is 2.50. The van der Waals surface area contributed by atoms with E-state index in [-0.39, 0.29) is 0 Å². The molecule has 1 N–H and O–H groups in total. The van der Waals surface area contributed by atoms with Crippen molar-refractivity contribution in [2.24, 2.45) is 0 Å². The summed E-state index contributed by atoms with van der Waals surface area (Å²) in [6.45, 7) is 5.71. The van der Waals surface area contributed by atoms with E-state index in [2.05, 4.69) is 9.97 Å². The van der Waals surface area contributed by atoms with Gasteiger partial charge in [0.1, 0.15) is 5.01 Å². The lowest BCUT2D eigenvalue weighted by atomic mass is 10.2. The number of aliphatic hydroxyl groups is 1. The molecular formula is C12H14N2OS. The normalized spacial score (nSPS) is 12.8. The third kappa shape index (κ3) is 1.99. The fourth-order valence-electron chi connectivity index (χ4n) is 1.62. The van der Waals surface area contributed by atoms with Gasteiger partial charge in [0.25, 0.3) is 0 Å². The van der Waals surface area contributed by atoms with Gasteiger partial charge in [0.05, 0.1) is 16.7 Å². The molecule has 2 aromatic rings. The molecule has 84 valence electrons. The van der Waals surface area contributed by atoms with Gasteiger partial charge >= 0.3 is 0 Å². The van der Waals surface area contributed by atoms with Crippen LogP contribution >= 0.6 is 11.3 Å². The van der Waals surface area contributed by atoms with Crippen molar-refractivity contribution in [3.63, 3.8) is 0 Å². The number of aliphatic hydroxyl groups excluding tert-OH is 1. The van der Waals surface area contributed by atoms with E-state index in [1.165, 1.54) is 0 Å². The Bertz CT molecular complexity index is 505. The van der Waals surface area contributed by atoms with Crippen LogP contribution in [0.4, 0.5) is 0 Å². The van der Waals surface area contributed by atoms with Gasteiger partial charge in [0.2, 0.25) is 0 Å². The number of hydrogen-bond donors (Lipinski definition) is 1. The molecule has 0 amide bonds. The van der Waals surface area contributed by atoms with Crippen LogP contribution in [0.2, 0.25) is 0 Å². The van der Waals surface area contributed by atoms with Crippen LogP contribution in [0.5, 0.6) is 0 Å². The van der Waals surface area contributed by atoms with Gasteiger partial charge in [-0.15, -0.1) is 11.3 Å². The van der Waals surface area contributed by atoms with Crippen molar-refractivity contribution >= 4 is 11.3 Å². The summed E-state index contributed by atoms with van der Waals surface area (Å²) in [4.78, 5) is 9.49. The molecule has 16 heavy (non-hydrogen) atoms. The molecule has 0 radical (unpaired) electrons. The highest BCUT2D eigenvalue weighted by molar-refractivity contribution is 7.15. The van der Waals surface area contributed by atoms with Gasteiger partial charge < -0.3 is 5.11 Å². The second kappa shape index (κ2) is 4.31. The molecule has 0 aromatic carbocycles. The Kier molecular flexibility index (Phi) is 3.03. The molecule has 4 heteroatoms. The second-order valence-corrected chi connectivity index (χ2v) is 4.87. The summed E-state index contributed by atoms with van der Waals surface area (Å²) in [5, 5.41) is 10.5. The van der Waals surface area contributed by atoms with Crippen molar-refractivity contribution in [2.45, 2.75) is 26.9 Å². The van der Waals surface area contributed by atoms with Crippen LogP contribution in [-0.2, 0) is 0 Å². The maximum atomic E-state index is 9.59. The van der Waals surface area contributed by atoms with Crippen LogP contribution in [0, 0.1) is 13.8 Å². The standard InChI is InChI=1S/C12H14N2OS/c1-7-6-13-5-4-10(7)12-14-8(2)11(16-12)9(3)15/h4-6,9,15H,1-3H3. The fourth-order valence-corrected chi connectivity index (χ4v) is 2.72. The summed E-state index contributed by atoms with van der Waals surface area (Å²) < 4.78 is 0. The average Bonchev–Trinajstić information content (AvgIpc) is 2.61. The summed E-state index contributed by atoms with van der Waals surface area (Å²) >= 11 is 1.55. The van der Waals surface area contributed by atoms with Crippen molar-refractivity contribution in [3.05, 3.63) is 34.6 Å². The van der Waals surface area contributed by atoms with E-state index in [0.29, 0.717) is 0 Å². The Hall–Kier alpha value is -1.26. The SMILES string of the molecule is Cc1cnccc1-c1nc(C)c(C(C)O)s1. The molecule has 2 aromatic heterocycles. The van der Waals surface area contributed by atoms with Crippen molar-refractivity contribution < 1.29 is 5.11 Å². The van der Waals surface area contributed by atoms with E-state index >= 15 is 0 Å². The van der Waals surface area contributed by atoms with Crippen molar-refractivity contribution in [1.29, 1.82) is 0 Å². The minimum absolute atomic E-state index is 0.451. The topological polar surface area (TPSA) is 46.0 Å². The van der Waals surface area contributed by atoms with Gasteiger partial charge in [-0.05, 0) is 32.4 Å². The minimum Gasteiger partial charge on any atom is -0.388 e. The van der Waals surface area contributed by atoms with Crippen LogP contribution in [0.3, 0.4) is 0 Å². The minimum atomic E-state index is -0.451. The van der Waals surface area contributed by atoms with Gasteiger partial charge in [-0.25, -0.2) is 4.98 Å². The van der Waals surface area contributed by atoms with Crippen LogP contribution in [-0.4, -0.2) is 15.1 Å². The molecule has 0 saturated carbocycles. The molecule has 0 aliphatic rings. The van der Waals surface area contributed by atoms with Gasteiger partial charge in [-0.2, -0.15) is 0 Å². The second-order valence-electron chi connectivity index (χ2n) is 3.84. The third-order valence-electron chi connectivity index (χ3n) is 2.46. The van der Waals surface area contributed by atoms with Gasteiger partial charge in [-0.1, -0.05) is 0 Å². The van der Waals surface area contributed by atoms with Crippen LogP contribution < -0.4 is 0 Å². The molecular weight excluding hydrogens is 220 g/mol. The molecule has 0 bridgehead atoms. The molecule has 3 nitrogen and oxygen atoms in total. The zero-order chi connectivity index (χ0) is 11.7. The lowest BCUT2D eigenvalue weighted by Crippen LogP contribution is -1.88. The van der Waals surface area contributed by atoms with Gasteiger partial charge in [0, 0.05) is 18.0 Å². The van der Waals surface area contributed by atoms with Crippen LogP contribution in [0.25, 0.3) is 10.6 Å². The zero-order valence-electron chi connectivity index (χ0n) is 9.56. The number of pyridine rings is 1. The number of thiazole rings is 1. The number of aromatic nitrogens is 2. The maximum absolute atomic E-state index is 9.59. The van der Waals surface area contributed by atoms with Crippen molar-refractivity contribution in [2.75, 3.05) is 0 Å². The van der Waals surface area contributed by atoms with E-state index in [0.717, 1.165) is 26.7 Å². The Morgan fingerprint density at radius 3 is 2.69 bits per heavy atom. The molecule has 0 aliphatic carbocycles. The average molecular weight is 234 g/mol. The van der Waals surface area contributed by atoms with Gasteiger partial charge in [0.15, 0.2) is 0 Å². The molecule has 2 heterocycles. The fraction of sp³-hybridized carbons (Fsp3) is 0.333. The first-order valence-corrected chi connectivity index (χ1v) is 5.97. The highest BCUT2D eigenvalue weighted by Crippen LogP contribution is 2.32. The first-order valence-electron chi connectivity index (χ1n) is 5.16. The van der Waals surface area contributed by atoms with Crippen molar-refractivity contribution in [3.8, 4) is 10.6 Å². The zero-order valence-corrected chi connectivity index (χ0v) is 10.4. The predicted octanol–water partition coefficient (Wildman–Crippen LogP) is 2.88. The number of rotatable bonds is 2. The molecule has 1 unspecified atom stereocenters. The molecule has 1 atom stereocenters. The smallest absolute Gasteiger partial charge is 0.124 e. The summed E-state index contributed by atoms with van der Waals surface area (Å²) in [5.41, 5.74) is 3.11. The van der Waals surface area contributed by atoms with Crippen molar-refractivity contribution in [1.82, 2.24) is 9.97 Å². The maximum Gasteiger partial charge on any atom is 0.124 e. The molecule has 0 saturated heterocycles. The largest absolute Gasteiger partial charge is 0.388 e. The molecule has 0 fully saturated rings. The van der Waals surface area contributed by atoms with Gasteiger partial charge in [-0.3, -0.25) is 4.98 Å². The molecule has 0 spiro atoms. The van der Waals surface area contributed by atoms with Crippen LogP contribution in [0.1, 0.15) is 29.2 Å². The number of aryl methyl sites for hydroxylation is 2. The van der Waals surface area contributed by atoms with E-state index in [4.69, 9.17) is 0 Å². The summed E-state index contributed by atoms with van der Waals surface area (Å²) in [6.07, 6.45) is 3.14. The lowest BCUT2D eigenvalue weighted by molar-refractivity contribution is 0.202. The highest BCUT2D eigenvalue weighted by Gasteiger charge is 2.14. The third-order valence-corrected chi connectivity index (χ3v) is 3.82. The monoisotopic (exact) mass is 234 g/mol. The summed E-state index contributed by atoms with van der Waals surface area (Å²) in [6, 6.07) is 1.96. The number of hydrogen-bond acceptors (Lipinski definition) is 4. The summed E-state index contributed by atoms with van der Waals surface area (Å²) in [5.74, 6) is 0. The predicted molar refractivity (Wildman–Crippen MR) is 65.5 cm³/mol. The van der Waals surface area contributed by atoms with E-state index in [9.17, 15) is 5.11 Å². The van der Waals surface area contributed by atoms with Crippen LogP contribution in [0.15, 0.2) is 18.5 Å². The van der Waals surface area contributed by atoms with E-state index in [1.807, 2.05) is 26.1 Å². The Labute approximate surface area is 98.8 Å². The molecule has 0 aliphatic heterocycles.